The molecule has 11 heteroatoms. The fourth-order valence-electron chi connectivity index (χ4n) is 3.26. The molecule has 0 aromatic carbocycles. The molecule has 32 heavy (non-hydrogen) atoms. The van der Waals surface area contributed by atoms with Crippen LogP contribution in [0.25, 0.3) is 0 Å². The lowest BCUT2D eigenvalue weighted by molar-refractivity contribution is -0.118. The second-order valence-electron chi connectivity index (χ2n) is 7.34. The fraction of sp³-hybridized carbons (Fsp3) is 0.571. The van der Waals surface area contributed by atoms with Crippen molar-refractivity contribution in [3.8, 4) is 0 Å². The minimum Gasteiger partial charge on any atom is -0.394 e. The second-order valence-corrected chi connectivity index (χ2v) is 7.34. The number of rotatable bonds is 8. The van der Waals surface area contributed by atoms with Gasteiger partial charge in [0.15, 0.2) is 0 Å². The Hall–Kier alpha value is -2.82. The van der Waals surface area contributed by atoms with Crippen LogP contribution in [-0.2, 0) is 9.53 Å². The monoisotopic (exact) mass is 457 g/mol. The number of halogens is 3. The third kappa shape index (κ3) is 8.03. The number of aliphatic imine (C=N–C) groups is 1. The number of amides is 3. The first kappa shape index (κ1) is 25.4. The van der Waals surface area contributed by atoms with E-state index in [9.17, 15) is 22.8 Å². The van der Waals surface area contributed by atoms with Crippen molar-refractivity contribution in [1.82, 2.24) is 15.5 Å². The number of urea groups is 1. The highest BCUT2D eigenvalue weighted by Gasteiger charge is 2.35. The largest absolute Gasteiger partial charge is 0.431 e. The number of piperidine rings is 1. The van der Waals surface area contributed by atoms with E-state index in [0.29, 0.717) is 38.2 Å². The van der Waals surface area contributed by atoms with E-state index in [1.54, 1.807) is 17.1 Å². The molecule has 0 saturated carbocycles. The normalized spacial score (nSPS) is 18.4. The molecule has 0 aromatic heterocycles. The van der Waals surface area contributed by atoms with Gasteiger partial charge in [-0.15, -0.1) is 0 Å². The van der Waals surface area contributed by atoms with E-state index in [1.165, 1.54) is 0 Å². The van der Waals surface area contributed by atoms with Crippen LogP contribution in [0.2, 0.25) is 0 Å². The standard InChI is InChI=1S/C21H30F3N5O3/c1-2-32-16-8-12-29(13-9-16)20(31)27-11-10-26-19(30)17(18(25)21(22,23)24)14-28-15-6-4-3-5-7-15/h3-4,6,14,16H,2,5,7-13,25H2,1H3,(H,26,30)(H,27,31). The number of alkyl halides is 3. The van der Waals surface area contributed by atoms with E-state index in [1.807, 2.05) is 13.0 Å². The number of allylic oxidation sites excluding steroid dienone is 5. The molecule has 0 atom stereocenters. The Bertz CT molecular complexity index is 782. The van der Waals surface area contributed by atoms with E-state index in [0.717, 1.165) is 19.1 Å². The molecule has 1 aliphatic heterocycles. The summed E-state index contributed by atoms with van der Waals surface area (Å²) in [5.74, 6) is -1.01. The third-order valence-electron chi connectivity index (χ3n) is 5.01. The second kappa shape index (κ2) is 12.3. The molecule has 8 nitrogen and oxygen atoms in total. The first-order valence-corrected chi connectivity index (χ1v) is 10.6. The van der Waals surface area contributed by atoms with Crippen LogP contribution in [0.15, 0.2) is 40.2 Å². The summed E-state index contributed by atoms with van der Waals surface area (Å²) in [5, 5.41) is 5.00. The van der Waals surface area contributed by atoms with Gasteiger partial charge in [-0.25, -0.2) is 4.79 Å². The van der Waals surface area contributed by atoms with Gasteiger partial charge in [-0.3, -0.25) is 9.79 Å². The molecule has 1 saturated heterocycles. The lowest BCUT2D eigenvalue weighted by Crippen LogP contribution is -2.47. The Morgan fingerprint density at radius 3 is 2.56 bits per heavy atom. The summed E-state index contributed by atoms with van der Waals surface area (Å²) in [5.41, 5.74) is 3.44. The molecule has 178 valence electrons. The number of hydrogen-bond acceptors (Lipinski definition) is 5. The average molecular weight is 457 g/mol. The SMILES string of the molecule is CCOC1CCN(C(=O)NCCNC(=O)C(C=NC2=CC=CCC2)=C(N)C(F)(F)F)CC1. The quantitative estimate of drug-likeness (QED) is 0.295. The molecule has 2 rings (SSSR count). The first-order valence-electron chi connectivity index (χ1n) is 10.6. The molecule has 0 spiro atoms. The summed E-state index contributed by atoms with van der Waals surface area (Å²) in [6.07, 6.45) is 4.18. The van der Waals surface area contributed by atoms with Gasteiger partial charge in [0.1, 0.15) is 5.70 Å². The molecule has 0 radical (unpaired) electrons. The number of nitrogens with one attached hydrogen (secondary N) is 2. The van der Waals surface area contributed by atoms with E-state index >= 15 is 0 Å². The van der Waals surface area contributed by atoms with E-state index in [-0.39, 0.29) is 25.2 Å². The first-order chi connectivity index (χ1) is 15.2. The van der Waals surface area contributed by atoms with Crippen molar-refractivity contribution < 1.29 is 27.5 Å². The number of ether oxygens (including phenoxy) is 1. The van der Waals surface area contributed by atoms with Gasteiger partial charge in [0, 0.05) is 44.7 Å². The van der Waals surface area contributed by atoms with Gasteiger partial charge in [-0.05, 0) is 38.7 Å². The van der Waals surface area contributed by atoms with Crippen LogP contribution in [0.3, 0.4) is 0 Å². The minimum atomic E-state index is -4.87. The van der Waals surface area contributed by atoms with Crippen molar-refractivity contribution in [2.45, 2.75) is 44.9 Å². The Balaban J connectivity index is 1.86. The zero-order chi connectivity index (χ0) is 23.6. The Morgan fingerprint density at radius 2 is 1.97 bits per heavy atom. The maximum Gasteiger partial charge on any atom is 0.431 e. The summed E-state index contributed by atoms with van der Waals surface area (Å²) < 4.78 is 44.8. The van der Waals surface area contributed by atoms with Crippen molar-refractivity contribution in [3.63, 3.8) is 0 Å². The lowest BCUT2D eigenvalue weighted by Gasteiger charge is -2.31. The molecule has 4 N–H and O–H groups in total. The predicted octanol–water partition coefficient (Wildman–Crippen LogP) is 2.39. The van der Waals surface area contributed by atoms with Crippen molar-refractivity contribution in [3.05, 3.63) is 35.2 Å². The summed E-state index contributed by atoms with van der Waals surface area (Å²) in [6, 6.07) is -0.293. The van der Waals surface area contributed by atoms with Crippen LogP contribution in [-0.4, -0.2) is 68.1 Å². The lowest BCUT2D eigenvalue weighted by atomic mass is 10.1. The molecule has 3 amide bonds. The van der Waals surface area contributed by atoms with Gasteiger partial charge in [0.25, 0.3) is 5.91 Å². The predicted molar refractivity (Wildman–Crippen MR) is 115 cm³/mol. The van der Waals surface area contributed by atoms with Gasteiger partial charge in [-0.1, -0.05) is 12.2 Å². The van der Waals surface area contributed by atoms with E-state index in [2.05, 4.69) is 15.6 Å². The highest BCUT2D eigenvalue weighted by molar-refractivity contribution is 6.13. The number of nitrogens with zero attached hydrogens (tertiary/aromatic N) is 2. The molecule has 0 aromatic rings. The van der Waals surface area contributed by atoms with Crippen LogP contribution < -0.4 is 16.4 Å². The van der Waals surface area contributed by atoms with Gasteiger partial charge in [0.05, 0.1) is 11.7 Å². The zero-order valence-electron chi connectivity index (χ0n) is 18.1. The summed E-state index contributed by atoms with van der Waals surface area (Å²) in [6.45, 7) is 3.66. The van der Waals surface area contributed by atoms with E-state index in [4.69, 9.17) is 10.5 Å². The number of carbonyl (C=O) groups is 2. The van der Waals surface area contributed by atoms with Crippen molar-refractivity contribution >= 4 is 18.2 Å². The molecule has 2 aliphatic rings. The molecule has 0 unspecified atom stereocenters. The smallest absolute Gasteiger partial charge is 0.394 e. The van der Waals surface area contributed by atoms with Crippen molar-refractivity contribution in [1.29, 1.82) is 0 Å². The summed E-state index contributed by atoms with van der Waals surface area (Å²) >= 11 is 0. The van der Waals surface area contributed by atoms with Gasteiger partial charge < -0.3 is 26.0 Å². The number of likely N-dealkylation sites (tertiary alicyclic amines) is 1. The Morgan fingerprint density at radius 1 is 1.28 bits per heavy atom. The fourth-order valence-corrected chi connectivity index (χ4v) is 3.26. The minimum absolute atomic E-state index is 0.0578. The molecular formula is C21H30F3N5O3. The van der Waals surface area contributed by atoms with Gasteiger partial charge >= 0.3 is 12.2 Å². The van der Waals surface area contributed by atoms with Crippen molar-refractivity contribution in [2.24, 2.45) is 10.7 Å². The van der Waals surface area contributed by atoms with Gasteiger partial charge in [0.2, 0.25) is 0 Å². The molecule has 1 heterocycles. The highest BCUT2D eigenvalue weighted by atomic mass is 19.4. The highest BCUT2D eigenvalue weighted by Crippen LogP contribution is 2.24. The number of carbonyl (C=O) groups excluding carboxylic acids is 2. The topological polar surface area (TPSA) is 109 Å². The zero-order valence-corrected chi connectivity index (χ0v) is 18.1. The maximum absolute atomic E-state index is 13.1. The van der Waals surface area contributed by atoms with Crippen molar-refractivity contribution in [2.75, 3.05) is 32.8 Å². The molecule has 1 fully saturated rings. The molecule has 0 bridgehead atoms. The summed E-state index contributed by atoms with van der Waals surface area (Å²) in [7, 11) is 0. The Labute approximate surface area is 185 Å². The van der Waals surface area contributed by atoms with E-state index < -0.39 is 23.4 Å². The van der Waals surface area contributed by atoms with Crippen LogP contribution >= 0.6 is 0 Å². The number of hydrogen-bond donors (Lipinski definition) is 3. The van der Waals surface area contributed by atoms with Crippen LogP contribution in [0.5, 0.6) is 0 Å². The maximum atomic E-state index is 13.1. The third-order valence-corrected chi connectivity index (χ3v) is 5.01. The average Bonchev–Trinajstić information content (AvgIpc) is 2.77. The molecule has 1 aliphatic carbocycles. The van der Waals surface area contributed by atoms with Crippen LogP contribution in [0, 0.1) is 0 Å². The van der Waals surface area contributed by atoms with Crippen LogP contribution in [0.1, 0.15) is 32.6 Å². The van der Waals surface area contributed by atoms with Crippen LogP contribution in [0.4, 0.5) is 18.0 Å². The summed E-state index contributed by atoms with van der Waals surface area (Å²) in [4.78, 5) is 30.2. The molecular weight excluding hydrogens is 427 g/mol. The number of nitrogens with two attached hydrogens (primary N) is 1. The Kier molecular flexibility index (Phi) is 9.76. The van der Waals surface area contributed by atoms with Gasteiger partial charge in [-0.2, -0.15) is 13.2 Å².